The van der Waals surface area contributed by atoms with Gasteiger partial charge < -0.3 is 5.32 Å². The topological polar surface area (TPSA) is 12.0 Å². The summed E-state index contributed by atoms with van der Waals surface area (Å²) in [5.41, 5.74) is 3.03. The molecule has 1 unspecified atom stereocenters. The van der Waals surface area contributed by atoms with Crippen LogP contribution in [-0.2, 0) is 0 Å². The lowest BCUT2D eigenvalue weighted by Gasteiger charge is -2.07. The fourth-order valence-electron chi connectivity index (χ4n) is 5.35. The number of nitrogens with one attached hydrogen (secondary N) is 1. The van der Waals surface area contributed by atoms with Crippen LogP contribution in [-0.4, -0.2) is 12.1 Å². The summed E-state index contributed by atoms with van der Waals surface area (Å²) in [5, 5.41) is 3.55. The van der Waals surface area contributed by atoms with Gasteiger partial charge in [0.15, 0.2) is 0 Å². The van der Waals surface area contributed by atoms with Crippen LogP contribution in [0.5, 0.6) is 0 Å². The predicted octanol–water partition coefficient (Wildman–Crippen LogP) is 15.4. The summed E-state index contributed by atoms with van der Waals surface area (Å²) in [5.74, 6) is 0. The molecular weight excluding hydrogens is 555 g/mol. The molecule has 2 rings (SSSR count). The summed E-state index contributed by atoms with van der Waals surface area (Å²) in [4.78, 5) is 0. The minimum absolute atomic E-state index is 0.643. The first-order chi connectivity index (χ1) is 22.5. The number of hydrogen-bond acceptors (Lipinski definition) is 1. The van der Waals surface area contributed by atoms with E-state index in [1.165, 1.54) is 140 Å². The molecule has 0 amide bonds. The first-order valence-corrected chi connectivity index (χ1v) is 19.9. The van der Waals surface area contributed by atoms with Crippen LogP contribution in [0.1, 0.15) is 204 Å². The molecule has 2 atom stereocenters. The second kappa shape index (κ2) is 47.6. The van der Waals surface area contributed by atoms with Gasteiger partial charge in [-0.2, -0.15) is 0 Å². The molecule has 0 aromatic rings. The van der Waals surface area contributed by atoms with Crippen molar-refractivity contribution >= 4 is 0 Å². The van der Waals surface area contributed by atoms with Crippen molar-refractivity contribution in [3.63, 3.8) is 0 Å². The monoisotopic (exact) mass is 640 g/mol. The summed E-state index contributed by atoms with van der Waals surface area (Å²) < 4.78 is 0. The standard InChI is InChI=1S/C21H44.C9H13N.C8H14.C3H6.C2H6.C2H2/c1-3-5-7-9-11-13-15-17-19-21-20-18-16-14-12-10-8-6-4-2;1-2-9-7-4-3-5-8(6-7)10-9;1-4-6-7-8(3)5-2;1-3-2;2*1-2/h3-21H2,1-2H3;3-5,8-10H,2,6H2,1H3;4,6-7H,5H2,1-3H3;3H,1H2,2H3;1-2H3;1-2H/b;;6-4-,8-7+;;;/t;8-,9?;;;;/m.0..../s1. The van der Waals surface area contributed by atoms with Gasteiger partial charge in [-0.25, -0.2) is 0 Å². The lowest BCUT2D eigenvalue weighted by atomic mass is 10.0. The van der Waals surface area contributed by atoms with E-state index in [4.69, 9.17) is 0 Å². The highest BCUT2D eigenvalue weighted by molar-refractivity contribution is 5.30. The van der Waals surface area contributed by atoms with Crippen molar-refractivity contribution in [2.45, 2.75) is 216 Å². The average molecular weight is 640 g/mol. The molecule has 1 heteroatoms. The quantitative estimate of drug-likeness (QED) is 0.0570. The van der Waals surface area contributed by atoms with Crippen LogP contribution in [0.15, 0.2) is 60.3 Å². The van der Waals surface area contributed by atoms with Gasteiger partial charge in [-0.05, 0) is 40.0 Å². The molecule has 0 radical (unpaired) electrons. The van der Waals surface area contributed by atoms with Crippen molar-refractivity contribution in [1.29, 1.82) is 0 Å². The molecule has 1 nitrogen and oxygen atoms in total. The Kier molecular flexibility index (Phi) is 52.9. The van der Waals surface area contributed by atoms with Crippen molar-refractivity contribution in [3.8, 4) is 12.8 Å². The van der Waals surface area contributed by atoms with E-state index < -0.39 is 0 Å². The summed E-state index contributed by atoms with van der Waals surface area (Å²) in [6.07, 6.45) is 54.2. The van der Waals surface area contributed by atoms with Crippen LogP contribution in [0.25, 0.3) is 0 Å². The summed E-state index contributed by atoms with van der Waals surface area (Å²) in [6.45, 7) is 22.4. The molecule has 270 valence electrons. The maximum atomic E-state index is 4.00. The van der Waals surface area contributed by atoms with Crippen LogP contribution in [0, 0.1) is 12.8 Å². The fraction of sp³-hybridized carbons (Fsp3) is 0.733. The summed E-state index contributed by atoms with van der Waals surface area (Å²) >= 11 is 0. The Morgan fingerprint density at radius 3 is 1.39 bits per heavy atom. The van der Waals surface area contributed by atoms with Gasteiger partial charge in [0, 0.05) is 12.1 Å². The highest BCUT2D eigenvalue weighted by Crippen LogP contribution is 2.25. The third kappa shape index (κ3) is 40.2. The number of unbranched alkanes of at least 4 members (excludes halogenated alkanes) is 18. The molecule has 2 bridgehead atoms. The van der Waals surface area contributed by atoms with Crippen LogP contribution in [0.3, 0.4) is 0 Å². The zero-order valence-electron chi connectivity index (χ0n) is 33.1. The molecule has 1 fully saturated rings. The number of terminal acetylenes is 1. The first-order valence-electron chi connectivity index (χ1n) is 19.9. The highest BCUT2D eigenvalue weighted by atomic mass is 15.0. The van der Waals surface area contributed by atoms with Gasteiger partial charge in [0.1, 0.15) is 0 Å². The molecule has 0 aromatic heterocycles. The van der Waals surface area contributed by atoms with Crippen molar-refractivity contribution in [2.75, 3.05) is 0 Å². The van der Waals surface area contributed by atoms with E-state index in [-0.39, 0.29) is 0 Å². The maximum absolute atomic E-state index is 4.00. The van der Waals surface area contributed by atoms with Crippen LogP contribution >= 0.6 is 0 Å². The van der Waals surface area contributed by atoms with Crippen molar-refractivity contribution in [2.24, 2.45) is 0 Å². The molecule has 2 aliphatic rings. The number of rotatable bonds is 21. The van der Waals surface area contributed by atoms with E-state index in [0.717, 1.165) is 6.42 Å². The van der Waals surface area contributed by atoms with Crippen LogP contribution in [0.2, 0.25) is 0 Å². The molecule has 46 heavy (non-hydrogen) atoms. The molecule has 1 aliphatic heterocycles. The lowest BCUT2D eigenvalue weighted by molar-refractivity contribution is 0.524. The normalized spacial score (nSPS) is 15.7. The average Bonchev–Trinajstić information content (AvgIpc) is 3.39. The van der Waals surface area contributed by atoms with Crippen molar-refractivity contribution < 1.29 is 0 Å². The van der Waals surface area contributed by atoms with Crippen molar-refractivity contribution in [1.82, 2.24) is 5.32 Å². The van der Waals surface area contributed by atoms with Gasteiger partial charge >= 0.3 is 0 Å². The summed E-state index contributed by atoms with van der Waals surface area (Å²) in [6, 6.07) is 1.31. The third-order valence-electron chi connectivity index (χ3n) is 8.22. The first kappa shape index (κ1) is 51.1. The molecular formula is C45H85N. The zero-order chi connectivity index (χ0) is 35.5. The molecule has 1 saturated heterocycles. The van der Waals surface area contributed by atoms with Gasteiger partial charge in [-0.15, -0.1) is 19.4 Å². The number of fused-ring (bicyclic) bond motifs is 2. The van der Waals surface area contributed by atoms with Gasteiger partial charge in [0.05, 0.1) is 0 Å². The molecule has 1 aliphatic carbocycles. The molecule has 0 aromatic carbocycles. The number of allylic oxidation sites excluding steroid dienone is 7. The van der Waals surface area contributed by atoms with Gasteiger partial charge in [-0.1, -0.05) is 217 Å². The Morgan fingerprint density at radius 1 is 0.739 bits per heavy atom. The SMILES string of the molecule is C#C.C/C=C\C=C(/C)CC.C=CC.CC.CCC1N[C@H]2C=CC=C1C2.CCCCCCCCCCCCCCCCCCCCC. The Morgan fingerprint density at radius 2 is 1.11 bits per heavy atom. The minimum atomic E-state index is 0.643. The summed E-state index contributed by atoms with van der Waals surface area (Å²) in [7, 11) is 0. The second-order valence-corrected chi connectivity index (χ2v) is 12.4. The Labute approximate surface area is 293 Å². The van der Waals surface area contributed by atoms with Gasteiger partial charge in [-0.3, -0.25) is 0 Å². The smallest absolute Gasteiger partial charge is 0.0296 e. The zero-order valence-corrected chi connectivity index (χ0v) is 33.1. The molecule has 0 saturated carbocycles. The van der Waals surface area contributed by atoms with E-state index in [9.17, 15) is 0 Å². The Hall–Kier alpha value is -1.78. The fourth-order valence-corrected chi connectivity index (χ4v) is 5.35. The second-order valence-electron chi connectivity index (χ2n) is 12.4. The van der Waals surface area contributed by atoms with Gasteiger partial charge in [0.25, 0.3) is 0 Å². The lowest BCUT2D eigenvalue weighted by Crippen LogP contribution is -2.26. The minimum Gasteiger partial charge on any atom is -0.304 e. The van der Waals surface area contributed by atoms with Gasteiger partial charge in [0.2, 0.25) is 0 Å². The Balaban J connectivity index is -0.000000290. The molecule has 1 N–H and O–H groups in total. The number of hydrogen-bond donors (Lipinski definition) is 1. The van der Waals surface area contributed by atoms with E-state index >= 15 is 0 Å². The van der Waals surface area contributed by atoms with E-state index in [1.54, 1.807) is 11.6 Å². The van der Waals surface area contributed by atoms with Crippen molar-refractivity contribution in [3.05, 3.63) is 60.3 Å². The predicted molar refractivity (Wildman–Crippen MR) is 218 cm³/mol. The molecule has 0 spiro atoms. The van der Waals surface area contributed by atoms with E-state index in [2.05, 4.69) is 89.7 Å². The maximum Gasteiger partial charge on any atom is 0.0296 e. The molecule has 1 heterocycles. The highest BCUT2D eigenvalue weighted by Gasteiger charge is 2.26. The van der Waals surface area contributed by atoms with E-state index in [0.29, 0.717) is 12.1 Å². The largest absolute Gasteiger partial charge is 0.304 e. The van der Waals surface area contributed by atoms with E-state index in [1.807, 2.05) is 33.8 Å². The third-order valence-corrected chi connectivity index (χ3v) is 8.22. The Bertz CT molecular complexity index is 686. The van der Waals surface area contributed by atoms with Crippen LogP contribution in [0.4, 0.5) is 0 Å². The van der Waals surface area contributed by atoms with Crippen LogP contribution < -0.4 is 5.32 Å².